The molecule has 1 rings (SSSR count). The van der Waals surface area contributed by atoms with Crippen LogP contribution in [0.25, 0.3) is 0 Å². The Balaban J connectivity index is 2.87. The molecule has 0 saturated heterocycles. The van der Waals surface area contributed by atoms with Crippen LogP contribution in [-0.4, -0.2) is 12.1 Å². The van der Waals surface area contributed by atoms with E-state index >= 15 is 0 Å². The fourth-order valence-electron chi connectivity index (χ4n) is 0.431. The lowest BCUT2D eigenvalue weighted by molar-refractivity contribution is 0.129. The Morgan fingerprint density at radius 2 is 2.25 bits per heavy atom. The van der Waals surface area contributed by atoms with Crippen molar-refractivity contribution in [3.63, 3.8) is 0 Å². The van der Waals surface area contributed by atoms with Gasteiger partial charge in [-0.2, -0.15) is 8.78 Å². The molecular formula is C5H5F2N. The topological polar surface area (TPSA) is 12.4 Å². The van der Waals surface area contributed by atoms with Crippen LogP contribution in [0.2, 0.25) is 0 Å². The number of rotatable bonds is 0. The third kappa shape index (κ3) is 0.638. The van der Waals surface area contributed by atoms with Crippen molar-refractivity contribution in [2.45, 2.75) is 12.8 Å². The highest BCUT2D eigenvalue weighted by Crippen LogP contribution is 2.24. The van der Waals surface area contributed by atoms with Crippen molar-refractivity contribution >= 4 is 6.21 Å². The molecule has 3 heteroatoms. The number of hydrogen-bond donors (Lipinski definition) is 0. The van der Waals surface area contributed by atoms with Gasteiger partial charge in [0.25, 0.3) is 0 Å². The fraction of sp³-hybridized carbons (Fsp3) is 0.400. The van der Waals surface area contributed by atoms with Crippen molar-refractivity contribution in [1.29, 1.82) is 0 Å². The Kier molecular flexibility index (Phi) is 0.927. The van der Waals surface area contributed by atoms with Crippen LogP contribution in [0.15, 0.2) is 16.8 Å². The molecule has 0 aromatic rings. The average Bonchev–Trinajstić information content (AvgIpc) is 1.86. The molecule has 0 unspecified atom stereocenters. The molecule has 0 atom stereocenters. The molecule has 8 heavy (non-hydrogen) atoms. The molecule has 44 valence electrons. The van der Waals surface area contributed by atoms with E-state index < -0.39 is 5.92 Å². The average molecular weight is 117 g/mol. The molecule has 1 aliphatic heterocycles. The number of aliphatic imine (C=N–C) groups is 1. The predicted octanol–water partition coefficient (Wildman–Crippen LogP) is 1.61. The van der Waals surface area contributed by atoms with E-state index in [0.717, 1.165) is 0 Å². The van der Waals surface area contributed by atoms with E-state index in [1.54, 1.807) is 0 Å². The minimum Gasteiger partial charge on any atom is -0.262 e. The van der Waals surface area contributed by atoms with Crippen molar-refractivity contribution < 1.29 is 8.78 Å². The molecule has 0 aromatic carbocycles. The number of halogens is 2. The van der Waals surface area contributed by atoms with Crippen LogP contribution in [0.4, 0.5) is 8.78 Å². The van der Waals surface area contributed by atoms with Gasteiger partial charge in [0, 0.05) is 11.8 Å². The van der Waals surface area contributed by atoms with E-state index in [-0.39, 0.29) is 5.57 Å². The van der Waals surface area contributed by atoms with Gasteiger partial charge in [-0.1, -0.05) is 0 Å². The second-order valence-electron chi connectivity index (χ2n) is 1.71. The van der Waals surface area contributed by atoms with Crippen LogP contribution >= 0.6 is 0 Å². The van der Waals surface area contributed by atoms with E-state index in [1.807, 2.05) is 0 Å². The fourth-order valence-corrected chi connectivity index (χ4v) is 0.431. The van der Waals surface area contributed by atoms with Crippen LogP contribution in [0.3, 0.4) is 0 Å². The minimum atomic E-state index is -2.78. The SMILES string of the molecule is CC1=CN=CC1(F)F. The van der Waals surface area contributed by atoms with Gasteiger partial charge in [0.05, 0.1) is 6.21 Å². The second-order valence-corrected chi connectivity index (χ2v) is 1.71. The third-order valence-electron chi connectivity index (χ3n) is 1.03. The number of hydrogen-bond acceptors (Lipinski definition) is 1. The summed E-state index contributed by atoms with van der Waals surface area (Å²) in [5.41, 5.74) is 0.0116. The number of alkyl halides is 2. The predicted molar refractivity (Wildman–Crippen MR) is 27.2 cm³/mol. The molecule has 1 aliphatic rings. The van der Waals surface area contributed by atoms with E-state index in [9.17, 15) is 8.78 Å². The van der Waals surface area contributed by atoms with Crippen molar-refractivity contribution in [3.8, 4) is 0 Å². The molecule has 0 radical (unpaired) electrons. The molecule has 0 N–H and O–H groups in total. The Morgan fingerprint density at radius 3 is 2.38 bits per heavy atom. The van der Waals surface area contributed by atoms with Crippen LogP contribution < -0.4 is 0 Å². The highest BCUT2D eigenvalue weighted by atomic mass is 19.3. The number of allylic oxidation sites excluding steroid dienone is 1. The minimum absolute atomic E-state index is 0.0116. The summed E-state index contributed by atoms with van der Waals surface area (Å²) in [5.74, 6) is -2.78. The molecule has 1 nitrogen and oxygen atoms in total. The third-order valence-corrected chi connectivity index (χ3v) is 1.03. The maximum atomic E-state index is 12.1. The van der Waals surface area contributed by atoms with E-state index in [1.165, 1.54) is 13.1 Å². The number of nitrogens with zero attached hydrogens (tertiary/aromatic N) is 1. The van der Waals surface area contributed by atoms with Gasteiger partial charge in [-0.05, 0) is 6.92 Å². The summed E-state index contributed by atoms with van der Waals surface area (Å²) in [5, 5.41) is 0. The molecular weight excluding hydrogens is 112 g/mol. The van der Waals surface area contributed by atoms with Gasteiger partial charge in [0.1, 0.15) is 0 Å². The quantitative estimate of drug-likeness (QED) is 0.457. The lowest BCUT2D eigenvalue weighted by Gasteiger charge is -2.03. The van der Waals surface area contributed by atoms with Crippen LogP contribution in [-0.2, 0) is 0 Å². The summed E-state index contributed by atoms with van der Waals surface area (Å²) in [6.07, 6.45) is 1.81. The maximum absolute atomic E-state index is 12.1. The van der Waals surface area contributed by atoms with Gasteiger partial charge >= 0.3 is 5.92 Å². The van der Waals surface area contributed by atoms with Crippen molar-refractivity contribution in [2.75, 3.05) is 0 Å². The first-order valence-electron chi connectivity index (χ1n) is 2.22. The molecule has 1 heterocycles. The van der Waals surface area contributed by atoms with E-state index in [0.29, 0.717) is 6.21 Å². The lowest BCUT2D eigenvalue weighted by atomic mass is 10.2. The first-order valence-corrected chi connectivity index (χ1v) is 2.22. The first kappa shape index (κ1) is 5.41. The molecule has 0 spiro atoms. The van der Waals surface area contributed by atoms with E-state index in [4.69, 9.17) is 0 Å². The van der Waals surface area contributed by atoms with Gasteiger partial charge < -0.3 is 0 Å². The Labute approximate surface area is 45.7 Å². The van der Waals surface area contributed by atoms with Gasteiger partial charge in [-0.25, -0.2) is 0 Å². The largest absolute Gasteiger partial charge is 0.305 e. The summed E-state index contributed by atoms with van der Waals surface area (Å²) in [7, 11) is 0. The van der Waals surface area contributed by atoms with Crippen LogP contribution in [0.1, 0.15) is 6.92 Å². The van der Waals surface area contributed by atoms with Crippen LogP contribution in [0, 0.1) is 0 Å². The summed E-state index contributed by atoms with van der Waals surface area (Å²) in [6.45, 7) is 1.35. The Hall–Kier alpha value is -0.730. The highest BCUT2D eigenvalue weighted by Gasteiger charge is 2.31. The smallest absolute Gasteiger partial charge is 0.262 e. The van der Waals surface area contributed by atoms with Crippen molar-refractivity contribution in [3.05, 3.63) is 11.8 Å². The zero-order valence-corrected chi connectivity index (χ0v) is 4.36. The van der Waals surface area contributed by atoms with Gasteiger partial charge in [-0.3, -0.25) is 4.99 Å². The normalized spacial score (nSPS) is 23.6. The summed E-state index contributed by atoms with van der Waals surface area (Å²) >= 11 is 0. The Bertz CT molecular complexity index is 158. The first-order chi connectivity index (χ1) is 3.63. The Morgan fingerprint density at radius 1 is 1.62 bits per heavy atom. The van der Waals surface area contributed by atoms with Crippen molar-refractivity contribution in [1.82, 2.24) is 0 Å². The summed E-state index contributed by atoms with van der Waals surface area (Å²) in [6, 6.07) is 0. The van der Waals surface area contributed by atoms with Gasteiger partial charge in [-0.15, -0.1) is 0 Å². The maximum Gasteiger partial charge on any atom is 0.305 e. The lowest BCUT2D eigenvalue weighted by Crippen LogP contribution is -2.15. The zero-order valence-electron chi connectivity index (χ0n) is 4.36. The molecule has 0 aliphatic carbocycles. The van der Waals surface area contributed by atoms with E-state index in [2.05, 4.69) is 4.99 Å². The standard InChI is InChI=1S/C5H5F2N/c1-4-2-8-3-5(4,6)7/h2-3H,1H3. The van der Waals surface area contributed by atoms with Gasteiger partial charge in [0.2, 0.25) is 0 Å². The van der Waals surface area contributed by atoms with Gasteiger partial charge in [0.15, 0.2) is 0 Å². The second kappa shape index (κ2) is 1.37. The molecule has 0 bridgehead atoms. The molecule has 0 aromatic heterocycles. The molecule has 0 saturated carbocycles. The zero-order chi connectivity index (χ0) is 6.20. The molecule has 0 fully saturated rings. The van der Waals surface area contributed by atoms with Crippen molar-refractivity contribution in [2.24, 2.45) is 4.99 Å². The summed E-state index contributed by atoms with van der Waals surface area (Å²) in [4.78, 5) is 3.28. The summed E-state index contributed by atoms with van der Waals surface area (Å²) < 4.78 is 24.2. The monoisotopic (exact) mass is 117 g/mol. The van der Waals surface area contributed by atoms with Crippen LogP contribution in [0.5, 0.6) is 0 Å². The molecule has 0 amide bonds. The highest BCUT2D eigenvalue weighted by molar-refractivity contribution is 5.74.